The number of carboxylic acids is 2. The molecule has 0 saturated carbocycles. The quantitative estimate of drug-likeness (QED) is 0.664. The Labute approximate surface area is 78.9 Å². The third-order valence-corrected chi connectivity index (χ3v) is 2.65. The lowest BCUT2D eigenvalue weighted by Gasteiger charge is -2.02. The van der Waals surface area contributed by atoms with E-state index in [0.717, 1.165) is 0 Å². The Balaban J connectivity index is 2.80. The first-order valence-corrected chi connectivity index (χ1v) is 4.87. The highest BCUT2D eigenvalue weighted by Gasteiger charge is 2.22. The molecule has 1 heterocycles. The van der Waals surface area contributed by atoms with Crippen molar-refractivity contribution in [3.8, 4) is 0 Å². The standard InChI is InChI=1S/C7H9NO4S/c9-6(10)4-1-2-13-3-5(8-4)7(11)12/h5H,1-3H2,(H,9,10)(H,11,12)/t5-/m1/s1. The summed E-state index contributed by atoms with van der Waals surface area (Å²) in [6.45, 7) is 0. The highest BCUT2D eigenvalue weighted by Crippen LogP contribution is 2.13. The highest BCUT2D eigenvalue weighted by molar-refractivity contribution is 7.99. The van der Waals surface area contributed by atoms with Gasteiger partial charge in [-0.05, 0) is 5.75 Å². The molecule has 0 aromatic carbocycles. The molecule has 0 aromatic rings. The second kappa shape index (κ2) is 4.27. The fourth-order valence-electron chi connectivity index (χ4n) is 0.942. The molecule has 5 nitrogen and oxygen atoms in total. The molecule has 6 heteroatoms. The molecule has 1 rings (SSSR count). The van der Waals surface area contributed by atoms with Gasteiger partial charge < -0.3 is 10.2 Å². The van der Waals surface area contributed by atoms with E-state index in [1.165, 1.54) is 11.8 Å². The van der Waals surface area contributed by atoms with E-state index in [0.29, 0.717) is 17.9 Å². The van der Waals surface area contributed by atoms with Crippen molar-refractivity contribution in [2.24, 2.45) is 4.99 Å². The molecule has 0 fully saturated rings. The van der Waals surface area contributed by atoms with Gasteiger partial charge in [-0.25, -0.2) is 9.59 Å². The van der Waals surface area contributed by atoms with Gasteiger partial charge in [-0.1, -0.05) is 0 Å². The summed E-state index contributed by atoms with van der Waals surface area (Å²) < 4.78 is 0. The minimum absolute atomic E-state index is 0.0302. The number of nitrogens with zero attached hydrogens (tertiary/aromatic N) is 1. The van der Waals surface area contributed by atoms with E-state index < -0.39 is 18.0 Å². The van der Waals surface area contributed by atoms with E-state index in [2.05, 4.69) is 4.99 Å². The average Bonchev–Trinajstić information content (AvgIpc) is 2.28. The van der Waals surface area contributed by atoms with Crippen molar-refractivity contribution in [1.82, 2.24) is 0 Å². The number of rotatable bonds is 2. The van der Waals surface area contributed by atoms with E-state index >= 15 is 0 Å². The lowest BCUT2D eigenvalue weighted by atomic mass is 10.2. The second-order valence-corrected chi connectivity index (χ2v) is 3.71. The molecule has 0 aromatic heterocycles. The predicted octanol–water partition coefficient (Wildman–Crippen LogP) is 0.102. The molecule has 0 aliphatic carbocycles. The number of aliphatic imine (C=N–C) groups is 1. The van der Waals surface area contributed by atoms with Gasteiger partial charge in [-0.2, -0.15) is 11.8 Å². The molecule has 1 atom stereocenters. The minimum atomic E-state index is -1.12. The maximum absolute atomic E-state index is 10.6. The lowest BCUT2D eigenvalue weighted by molar-refractivity contribution is -0.137. The minimum Gasteiger partial charge on any atom is -0.480 e. The van der Waals surface area contributed by atoms with Crippen molar-refractivity contribution in [2.75, 3.05) is 11.5 Å². The molecule has 0 unspecified atom stereocenters. The highest BCUT2D eigenvalue weighted by atomic mass is 32.2. The van der Waals surface area contributed by atoms with Crippen molar-refractivity contribution in [1.29, 1.82) is 0 Å². The number of thioether (sulfide) groups is 1. The molecule has 2 N–H and O–H groups in total. The number of carbonyl (C=O) groups is 2. The van der Waals surface area contributed by atoms with Crippen molar-refractivity contribution in [2.45, 2.75) is 12.5 Å². The SMILES string of the molecule is O=C(O)C1=N[C@@H](C(=O)O)CSCC1. The Hall–Kier alpha value is -1.04. The van der Waals surface area contributed by atoms with Crippen LogP contribution in [0.4, 0.5) is 0 Å². The summed E-state index contributed by atoms with van der Waals surface area (Å²) >= 11 is 1.41. The van der Waals surface area contributed by atoms with Gasteiger partial charge in [-0.3, -0.25) is 4.99 Å². The van der Waals surface area contributed by atoms with Crippen LogP contribution < -0.4 is 0 Å². The molecule has 0 saturated heterocycles. The predicted molar refractivity (Wildman–Crippen MR) is 48.4 cm³/mol. The van der Waals surface area contributed by atoms with Crippen LogP contribution in [0.15, 0.2) is 4.99 Å². The molecule has 13 heavy (non-hydrogen) atoms. The van der Waals surface area contributed by atoms with Crippen LogP contribution in [0.2, 0.25) is 0 Å². The molecule has 1 aliphatic heterocycles. The third-order valence-electron chi connectivity index (χ3n) is 1.60. The van der Waals surface area contributed by atoms with Crippen LogP contribution in [0.3, 0.4) is 0 Å². The zero-order valence-electron chi connectivity index (χ0n) is 6.77. The number of hydrogen-bond donors (Lipinski definition) is 2. The molecule has 0 radical (unpaired) electrons. The molecular weight excluding hydrogens is 194 g/mol. The first-order chi connectivity index (χ1) is 6.11. The van der Waals surface area contributed by atoms with E-state index in [-0.39, 0.29) is 5.71 Å². The lowest BCUT2D eigenvalue weighted by Crippen LogP contribution is -2.23. The maximum Gasteiger partial charge on any atom is 0.349 e. The summed E-state index contributed by atoms with van der Waals surface area (Å²) in [4.78, 5) is 24.8. The largest absolute Gasteiger partial charge is 0.480 e. The summed E-state index contributed by atoms with van der Waals surface area (Å²) in [5.41, 5.74) is -0.0302. The third kappa shape index (κ3) is 2.73. The number of aliphatic carboxylic acids is 2. The first kappa shape index (κ1) is 10.0. The van der Waals surface area contributed by atoms with Crippen LogP contribution >= 0.6 is 11.8 Å². The van der Waals surface area contributed by atoms with Crippen LogP contribution in [0.1, 0.15) is 6.42 Å². The summed E-state index contributed by atoms with van der Waals surface area (Å²) in [5.74, 6) is -1.21. The van der Waals surface area contributed by atoms with Crippen molar-refractivity contribution in [3.05, 3.63) is 0 Å². The van der Waals surface area contributed by atoms with Gasteiger partial charge in [0.05, 0.1) is 0 Å². The normalized spacial score (nSPS) is 23.1. The molecule has 72 valence electrons. The van der Waals surface area contributed by atoms with E-state index in [9.17, 15) is 9.59 Å². The summed E-state index contributed by atoms with van der Waals surface area (Å²) in [6.07, 6.45) is 0.337. The number of carboxylic acid groups (broad SMARTS) is 2. The maximum atomic E-state index is 10.6. The molecule has 0 spiro atoms. The zero-order valence-corrected chi connectivity index (χ0v) is 7.58. The first-order valence-electron chi connectivity index (χ1n) is 3.72. The Morgan fingerprint density at radius 3 is 2.69 bits per heavy atom. The van der Waals surface area contributed by atoms with Crippen molar-refractivity contribution in [3.63, 3.8) is 0 Å². The Bertz CT molecular complexity index is 263. The summed E-state index contributed by atoms with van der Waals surface area (Å²) in [5, 5.41) is 17.3. The number of hydrogen-bond acceptors (Lipinski definition) is 4. The van der Waals surface area contributed by atoms with Crippen molar-refractivity contribution >= 4 is 29.4 Å². The summed E-state index contributed by atoms with van der Waals surface area (Å²) in [7, 11) is 0. The van der Waals surface area contributed by atoms with Gasteiger partial charge in [0.15, 0.2) is 6.04 Å². The van der Waals surface area contributed by atoms with Gasteiger partial charge >= 0.3 is 11.9 Å². The van der Waals surface area contributed by atoms with Crippen LogP contribution in [0, 0.1) is 0 Å². The van der Waals surface area contributed by atoms with Crippen molar-refractivity contribution < 1.29 is 19.8 Å². The topological polar surface area (TPSA) is 87.0 Å². The van der Waals surface area contributed by atoms with Crippen LogP contribution in [-0.4, -0.2) is 45.4 Å². The van der Waals surface area contributed by atoms with E-state index in [1.54, 1.807) is 0 Å². The Kier molecular flexibility index (Phi) is 3.30. The summed E-state index contributed by atoms with van der Waals surface area (Å²) in [6, 6.07) is -0.904. The van der Waals surface area contributed by atoms with E-state index in [4.69, 9.17) is 10.2 Å². The average molecular weight is 203 g/mol. The van der Waals surface area contributed by atoms with Gasteiger partial charge in [0.25, 0.3) is 0 Å². The van der Waals surface area contributed by atoms with Gasteiger partial charge in [0.2, 0.25) is 0 Å². The zero-order chi connectivity index (χ0) is 9.84. The van der Waals surface area contributed by atoms with Gasteiger partial charge in [0.1, 0.15) is 5.71 Å². The van der Waals surface area contributed by atoms with Gasteiger partial charge in [0, 0.05) is 12.2 Å². The smallest absolute Gasteiger partial charge is 0.349 e. The second-order valence-electron chi connectivity index (χ2n) is 2.56. The van der Waals surface area contributed by atoms with E-state index in [1.807, 2.05) is 0 Å². The monoisotopic (exact) mass is 203 g/mol. The van der Waals surface area contributed by atoms with Gasteiger partial charge in [-0.15, -0.1) is 0 Å². The van der Waals surface area contributed by atoms with Crippen LogP contribution in [-0.2, 0) is 9.59 Å². The Morgan fingerprint density at radius 1 is 1.46 bits per heavy atom. The fraction of sp³-hybridized carbons (Fsp3) is 0.571. The van der Waals surface area contributed by atoms with Crippen LogP contribution in [0.5, 0.6) is 0 Å². The van der Waals surface area contributed by atoms with Crippen LogP contribution in [0.25, 0.3) is 0 Å². The Morgan fingerprint density at radius 2 is 2.15 bits per heavy atom. The molecule has 1 aliphatic rings. The molecular formula is C7H9NO4S. The fourth-order valence-corrected chi connectivity index (χ4v) is 1.89. The molecule has 0 amide bonds. The molecule has 0 bridgehead atoms.